The highest BCUT2D eigenvalue weighted by atomic mass is 32.1. The number of rotatable bonds is 6. The summed E-state index contributed by atoms with van der Waals surface area (Å²) in [6, 6.07) is 9.39. The van der Waals surface area contributed by atoms with Gasteiger partial charge in [-0.3, -0.25) is 24.0 Å². The molecule has 4 heterocycles. The van der Waals surface area contributed by atoms with E-state index in [1.807, 2.05) is 50.5 Å². The fourth-order valence-corrected chi connectivity index (χ4v) is 5.68. The molecular formula is C26H29N5O3S. The van der Waals surface area contributed by atoms with Crippen LogP contribution in [0.15, 0.2) is 41.9 Å². The Morgan fingerprint density at radius 2 is 2.06 bits per heavy atom. The van der Waals surface area contributed by atoms with Gasteiger partial charge in [-0.2, -0.15) is 5.10 Å². The van der Waals surface area contributed by atoms with Crippen LogP contribution in [-0.2, 0) is 18.4 Å². The first-order chi connectivity index (χ1) is 16.8. The first kappa shape index (κ1) is 23.3. The predicted octanol–water partition coefficient (Wildman–Crippen LogP) is 3.68. The van der Waals surface area contributed by atoms with Gasteiger partial charge in [0.15, 0.2) is 0 Å². The Labute approximate surface area is 208 Å². The highest BCUT2D eigenvalue weighted by Crippen LogP contribution is 2.35. The van der Waals surface area contributed by atoms with Gasteiger partial charge in [0.2, 0.25) is 5.91 Å². The second-order valence-electron chi connectivity index (χ2n) is 9.31. The predicted molar refractivity (Wildman–Crippen MR) is 134 cm³/mol. The molecule has 5 rings (SSSR count). The van der Waals surface area contributed by atoms with Crippen molar-refractivity contribution in [2.45, 2.75) is 39.3 Å². The van der Waals surface area contributed by atoms with Gasteiger partial charge in [0.05, 0.1) is 41.5 Å². The van der Waals surface area contributed by atoms with E-state index in [1.54, 1.807) is 28.3 Å². The molecule has 0 unspecified atom stereocenters. The van der Waals surface area contributed by atoms with Crippen LogP contribution in [0.3, 0.4) is 0 Å². The van der Waals surface area contributed by atoms with E-state index in [0.29, 0.717) is 17.7 Å². The normalized spacial score (nSPS) is 18.7. The first-order valence-electron chi connectivity index (χ1n) is 11.9. The van der Waals surface area contributed by atoms with Gasteiger partial charge < -0.3 is 10.2 Å². The van der Waals surface area contributed by atoms with Crippen molar-refractivity contribution in [1.82, 2.24) is 20.0 Å². The zero-order chi connectivity index (χ0) is 24.7. The largest absolute Gasteiger partial charge is 0.370 e. The third-order valence-electron chi connectivity index (χ3n) is 7.10. The van der Waals surface area contributed by atoms with Crippen LogP contribution in [0, 0.1) is 12.8 Å². The number of nitrogens with one attached hydrogen (secondary N) is 1. The summed E-state index contributed by atoms with van der Waals surface area (Å²) < 4.78 is 1.73. The zero-order valence-corrected chi connectivity index (χ0v) is 21.0. The number of amides is 3. The molecule has 1 N–H and O–H groups in total. The molecular weight excluding hydrogens is 462 g/mol. The van der Waals surface area contributed by atoms with Crippen LogP contribution in [0.2, 0.25) is 0 Å². The molecule has 2 aliphatic rings. The number of hydrogen-bond donors (Lipinski definition) is 1. The molecule has 0 bridgehead atoms. The minimum absolute atomic E-state index is 0.0271. The van der Waals surface area contributed by atoms with Gasteiger partial charge in [0, 0.05) is 36.3 Å². The summed E-state index contributed by atoms with van der Waals surface area (Å²) in [6.07, 6.45) is 3.34. The number of hydrogen-bond acceptors (Lipinski definition) is 6. The molecule has 35 heavy (non-hydrogen) atoms. The van der Waals surface area contributed by atoms with Gasteiger partial charge in [0.25, 0.3) is 11.8 Å². The maximum Gasteiger partial charge on any atom is 0.263 e. The van der Waals surface area contributed by atoms with E-state index in [9.17, 15) is 14.4 Å². The molecule has 9 heteroatoms. The van der Waals surface area contributed by atoms with Crippen LogP contribution >= 0.6 is 11.3 Å². The van der Waals surface area contributed by atoms with Crippen molar-refractivity contribution in [2.24, 2.45) is 13.0 Å². The molecule has 1 fully saturated rings. The molecule has 3 amide bonds. The molecule has 0 radical (unpaired) electrons. The van der Waals surface area contributed by atoms with Crippen molar-refractivity contribution in [1.29, 1.82) is 0 Å². The molecule has 3 aromatic rings. The van der Waals surface area contributed by atoms with Crippen LogP contribution in [0.5, 0.6) is 0 Å². The molecule has 2 aliphatic heterocycles. The van der Waals surface area contributed by atoms with Crippen molar-refractivity contribution >= 4 is 34.7 Å². The number of anilines is 1. The average Bonchev–Trinajstić information content (AvgIpc) is 3.57. The Balaban J connectivity index is 1.35. The second-order valence-corrected chi connectivity index (χ2v) is 10.3. The minimum Gasteiger partial charge on any atom is -0.370 e. The van der Waals surface area contributed by atoms with Gasteiger partial charge in [-0.1, -0.05) is 12.1 Å². The number of fused-ring (bicyclic) bond motifs is 1. The van der Waals surface area contributed by atoms with E-state index in [4.69, 9.17) is 0 Å². The van der Waals surface area contributed by atoms with Crippen LogP contribution in [0.4, 0.5) is 5.69 Å². The summed E-state index contributed by atoms with van der Waals surface area (Å²) in [5.74, 6) is -0.726. The highest BCUT2D eigenvalue weighted by Gasteiger charge is 2.39. The highest BCUT2D eigenvalue weighted by molar-refractivity contribution is 7.10. The standard InChI is InChI=1S/C26H29N5O3S/c1-16(22-10-6-12-35-22)28-24(32)18-7-5-11-30(14-18)21-9-4-8-20-23(21)26(34)31(25(20)33)15-19-13-27-29(3)17(19)2/h4,6,8-10,12-13,16,18H,5,7,11,14-15H2,1-3H3,(H,28,32)/t16-,18-/m1/s1. The Bertz CT molecular complexity index is 1280. The van der Waals surface area contributed by atoms with E-state index < -0.39 is 0 Å². The fraction of sp³-hybridized carbons (Fsp3) is 0.385. The van der Waals surface area contributed by atoms with Crippen LogP contribution in [0.25, 0.3) is 0 Å². The van der Waals surface area contributed by atoms with Crippen molar-refractivity contribution < 1.29 is 14.4 Å². The van der Waals surface area contributed by atoms with Crippen LogP contribution in [0.1, 0.15) is 62.7 Å². The fourth-order valence-electron chi connectivity index (χ4n) is 4.94. The molecule has 182 valence electrons. The molecule has 0 saturated carbocycles. The molecule has 1 aromatic carbocycles. The monoisotopic (exact) mass is 491 g/mol. The van der Waals surface area contributed by atoms with Crippen molar-refractivity contribution in [3.8, 4) is 0 Å². The van der Waals surface area contributed by atoms with Crippen molar-refractivity contribution in [3.05, 3.63) is 69.2 Å². The van der Waals surface area contributed by atoms with E-state index in [0.717, 1.165) is 41.2 Å². The lowest BCUT2D eigenvalue weighted by Gasteiger charge is -2.35. The number of aromatic nitrogens is 2. The zero-order valence-electron chi connectivity index (χ0n) is 20.2. The average molecular weight is 492 g/mol. The second kappa shape index (κ2) is 9.30. The molecule has 2 atom stereocenters. The summed E-state index contributed by atoms with van der Waals surface area (Å²) >= 11 is 1.63. The Hall–Kier alpha value is -3.46. The summed E-state index contributed by atoms with van der Waals surface area (Å²) in [6.45, 7) is 5.37. The maximum atomic E-state index is 13.5. The molecule has 2 aromatic heterocycles. The van der Waals surface area contributed by atoms with Gasteiger partial charge in [-0.25, -0.2) is 0 Å². The third-order valence-corrected chi connectivity index (χ3v) is 8.16. The van der Waals surface area contributed by atoms with Crippen LogP contribution < -0.4 is 10.2 Å². The molecule has 0 spiro atoms. The topological polar surface area (TPSA) is 87.5 Å². The number of thiophene rings is 1. The molecule has 0 aliphatic carbocycles. The minimum atomic E-state index is -0.290. The van der Waals surface area contributed by atoms with Crippen molar-refractivity contribution in [3.63, 3.8) is 0 Å². The van der Waals surface area contributed by atoms with Crippen LogP contribution in [-0.4, -0.2) is 45.5 Å². The van der Waals surface area contributed by atoms with Crippen molar-refractivity contribution in [2.75, 3.05) is 18.0 Å². The Morgan fingerprint density at radius 1 is 1.23 bits per heavy atom. The van der Waals surface area contributed by atoms with Gasteiger partial charge in [-0.05, 0) is 50.3 Å². The lowest BCUT2D eigenvalue weighted by atomic mass is 9.95. The van der Waals surface area contributed by atoms with Gasteiger partial charge >= 0.3 is 0 Å². The number of carbonyl (C=O) groups excluding carboxylic acids is 3. The maximum absolute atomic E-state index is 13.5. The molecule has 1 saturated heterocycles. The molecule has 8 nitrogen and oxygen atoms in total. The Morgan fingerprint density at radius 3 is 2.77 bits per heavy atom. The number of benzene rings is 1. The van der Waals surface area contributed by atoms with E-state index >= 15 is 0 Å². The lowest BCUT2D eigenvalue weighted by Crippen LogP contribution is -2.44. The third kappa shape index (κ3) is 4.25. The van der Waals surface area contributed by atoms with E-state index in [1.165, 1.54) is 4.90 Å². The number of piperidine rings is 1. The Kier molecular flexibility index (Phi) is 6.19. The van der Waals surface area contributed by atoms with Gasteiger partial charge in [-0.15, -0.1) is 11.3 Å². The summed E-state index contributed by atoms with van der Waals surface area (Å²) in [4.78, 5) is 44.2. The number of imide groups is 1. The first-order valence-corrected chi connectivity index (χ1v) is 12.8. The van der Waals surface area contributed by atoms with E-state index in [2.05, 4.69) is 15.3 Å². The number of nitrogens with zero attached hydrogens (tertiary/aromatic N) is 4. The lowest BCUT2D eigenvalue weighted by molar-refractivity contribution is -0.125. The number of aryl methyl sites for hydroxylation is 1. The SMILES string of the molecule is Cc1c(CN2C(=O)c3cccc(N4CCC[C@@H](C(=O)N[C@H](C)c5cccs5)C4)c3C2=O)cnn1C. The summed E-state index contributed by atoms with van der Waals surface area (Å²) in [5, 5.41) is 9.38. The summed E-state index contributed by atoms with van der Waals surface area (Å²) in [7, 11) is 1.84. The number of carbonyl (C=O) groups is 3. The quantitative estimate of drug-likeness (QED) is 0.532. The smallest absolute Gasteiger partial charge is 0.263 e. The van der Waals surface area contributed by atoms with E-state index in [-0.39, 0.29) is 36.2 Å². The summed E-state index contributed by atoms with van der Waals surface area (Å²) in [5.41, 5.74) is 3.36. The van der Waals surface area contributed by atoms with Gasteiger partial charge in [0.1, 0.15) is 0 Å².